The Hall–Kier alpha value is -1.66. The van der Waals surface area contributed by atoms with Gasteiger partial charge in [0.15, 0.2) is 10.9 Å². The van der Waals surface area contributed by atoms with Crippen molar-refractivity contribution in [2.24, 2.45) is 0 Å². The second-order valence-corrected chi connectivity index (χ2v) is 6.78. The maximum absolute atomic E-state index is 11.4. The zero-order chi connectivity index (χ0) is 16.9. The van der Waals surface area contributed by atoms with E-state index >= 15 is 0 Å². The second-order valence-electron chi connectivity index (χ2n) is 6.40. The molecule has 1 N–H and O–H groups in total. The molecule has 0 aromatic heterocycles. The van der Waals surface area contributed by atoms with E-state index in [1.54, 1.807) is 6.92 Å². The van der Waals surface area contributed by atoms with Crippen molar-refractivity contribution in [3.63, 3.8) is 0 Å². The van der Waals surface area contributed by atoms with Crippen LogP contribution in [0.5, 0.6) is 0 Å². The van der Waals surface area contributed by atoms with Crippen molar-refractivity contribution in [2.75, 3.05) is 44.2 Å². The number of thiocarbonyl (C=S) groups is 1. The standard InChI is InChI=1S/C18H25N3O2S/c1-14(22)15-4-6-16(7-5-15)20-8-10-21(11-9-20)18(24)19-13-17-3-2-12-23-17/h4-7,17H,2-3,8-13H2,1H3,(H,19,24)/t17-/m0/s1. The molecule has 6 heteroatoms. The van der Waals surface area contributed by atoms with Crippen LogP contribution in [0.1, 0.15) is 30.1 Å². The molecule has 1 atom stereocenters. The quantitative estimate of drug-likeness (QED) is 0.664. The summed E-state index contributed by atoms with van der Waals surface area (Å²) in [5.74, 6) is 0.106. The van der Waals surface area contributed by atoms with Gasteiger partial charge >= 0.3 is 0 Å². The van der Waals surface area contributed by atoms with Crippen LogP contribution in [0.4, 0.5) is 5.69 Å². The molecule has 2 aliphatic heterocycles. The smallest absolute Gasteiger partial charge is 0.169 e. The van der Waals surface area contributed by atoms with Gasteiger partial charge < -0.3 is 19.9 Å². The fourth-order valence-corrected chi connectivity index (χ4v) is 3.46. The van der Waals surface area contributed by atoms with Crippen molar-refractivity contribution < 1.29 is 9.53 Å². The van der Waals surface area contributed by atoms with E-state index in [-0.39, 0.29) is 5.78 Å². The van der Waals surface area contributed by atoms with E-state index in [1.807, 2.05) is 24.3 Å². The van der Waals surface area contributed by atoms with Crippen LogP contribution in [0.3, 0.4) is 0 Å². The first-order valence-corrected chi connectivity index (χ1v) is 9.04. The molecule has 0 amide bonds. The van der Waals surface area contributed by atoms with E-state index in [1.165, 1.54) is 0 Å². The van der Waals surface area contributed by atoms with Crippen molar-refractivity contribution in [1.29, 1.82) is 0 Å². The molecule has 0 radical (unpaired) electrons. The molecule has 0 aliphatic carbocycles. The number of anilines is 1. The van der Waals surface area contributed by atoms with Crippen LogP contribution in [0.25, 0.3) is 0 Å². The van der Waals surface area contributed by atoms with Gasteiger partial charge in [0.2, 0.25) is 0 Å². The van der Waals surface area contributed by atoms with Crippen molar-refractivity contribution in [2.45, 2.75) is 25.9 Å². The molecule has 0 saturated carbocycles. The molecule has 2 aliphatic rings. The van der Waals surface area contributed by atoms with E-state index in [0.717, 1.165) is 68.5 Å². The Labute approximate surface area is 149 Å². The highest BCUT2D eigenvalue weighted by molar-refractivity contribution is 7.80. The maximum Gasteiger partial charge on any atom is 0.169 e. The Morgan fingerprint density at radius 2 is 1.96 bits per heavy atom. The largest absolute Gasteiger partial charge is 0.376 e. The van der Waals surface area contributed by atoms with Crippen LogP contribution in [-0.4, -0.2) is 61.2 Å². The van der Waals surface area contributed by atoms with Gasteiger partial charge in [-0.1, -0.05) is 0 Å². The first-order valence-electron chi connectivity index (χ1n) is 8.64. The molecule has 2 heterocycles. The van der Waals surface area contributed by atoms with Crippen molar-refractivity contribution in [3.8, 4) is 0 Å². The minimum atomic E-state index is 0.106. The Kier molecular flexibility index (Phi) is 5.68. The molecule has 2 saturated heterocycles. The summed E-state index contributed by atoms with van der Waals surface area (Å²) in [7, 11) is 0. The highest BCUT2D eigenvalue weighted by atomic mass is 32.1. The third-order valence-electron chi connectivity index (χ3n) is 4.71. The molecular formula is C18H25N3O2S. The summed E-state index contributed by atoms with van der Waals surface area (Å²) in [5.41, 5.74) is 1.93. The van der Waals surface area contributed by atoms with Crippen LogP contribution in [-0.2, 0) is 4.74 Å². The van der Waals surface area contributed by atoms with Crippen molar-refractivity contribution >= 4 is 28.8 Å². The number of carbonyl (C=O) groups excluding carboxylic acids is 1. The fourth-order valence-electron chi connectivity index (χ4n) is 3.19. The zero-order valence-corrected chi connectivity index (χ0v) is 15.0. The van der Waals surface area contributed by atoms with E-state index in [2.05, 4.69) is 15.1 Å². The number of ketones is 1. The van der Waals surface area contributed by atoms with Gasteiger partial charge in [0.25, 0.3) is 0 Å². The van der Waals surface area contributed by atoms with Gasteiger partial charge in [-0.15, -0.1) is 0 Å². The molecule has 24 heavy (non-hydrogen) atoms. The lowest BCUT2D eigenvalue weighted by atomic mass is 10.1. The minimum absolute atomic E-state index is 0.106. The maximum atomic E-state index is 11.4. The fraction of sp³-hybridized carbons (Fsp3) is 0.556. The SMILES string of the molecule is CC(=O)c1ccc(N2CCN(C(=S)NC[C@@H]3CCCO3)CC2)cc1. The highest BCUT2D eigenvalue weighted by Gasteiger charge is 2.21. The third kappa shape index (κ3) is 4.24. The van der Waals surface area contributed by atoms with Gasteiger partial charge in [-0.3, -0.25) is 4.79 Å². The first-order chi connectivity index (χ1) is 11.6. The molecule has 0 unspecified atom stereocenters. The number of piperazine rings is 1. The van der Waals surface area contributed by atoms with E-state index in [4.69, 9.17) is 17.0 Å². The molecule has 1 aromatic carbocycles. The van der Waals surface area contributed by atoms with Crippen molar-refractivity contribution in [3.05, 3.63) is 29.8 Å². The van der Waals surface area contributed by atoms with Crippen molar-refractivity contribution in [1.82, 2.24) is 10.2 Å². The monoisotopic (exact) mass is 347 g/mol. The normalized spacial score (nSPS) is 21.0. The lowest BCUT2D eigenvalue weighted by Crippen LogP contribution is -2.52. The average Bonchev–Trinajstić information content (AvgIpc) is 3.13. The molecule has 1 aromatic rings. The molecule has 0 spiro atoms. The number of hydrogen-bond acceptors (Lipinski definition) is 4. The molecule has 0 bridgehead atoms. The Morgan fingerprint density at radius 1 is 1.25 bits per heavy atom. The van der Waals surface area contributed by atoms with Gasteiger partial charge in [0.05, 0.1) is 6.10 Å². The van der Waals surface area contributed by atoms with E-state index in [9.17, 15) is 4.79 Å². The molecular weight excluding hydrogens is 322 g/mol. The van der Waals surface area contributed by atoms with Crippen LogP contribution >= 0.6 is 12.2 Å². The van der Waals surface area contributed by atoms with Gasteiger partial charge in [0, 0.05) is 50.6 Å². The summed E-state index contributed by atoms with van der Waals surface area (Å²) in [5, 5.41) is 4.18. The van der Waals surface area contributed by atoms with Crippen LogP contribution in [0, 0.1) is 0 Å². The average molecular weight is 347 g/mol. The second kappa shape index (κ2) is 7.94. The lowest BCUT2D eigenvalue weighted by Gasteiger charge is -2.37. The van der Waals surface area contributed by atoms with E-state index < -0.39 is 0 Å². The van der Waals surface area contributed by atoms with Gasteiger partial charge in [-0.2, -0.15) is 0 Å². The lowest BCUT2D eigenvalue weighted by molar-refractivity contribution is 0.101. The Balaban J connectivity index is 1.46. The van der Waals surface area contributed by atoms with Crippen LogP contribution < -0.4 is 10.2 Å². The predicted octanol–water partition coefficient (Wildman–Crippen LogP) is 2.06. The third-order valence-corrected chi connectivity index (χ3v) is 5.11. The number of ether oxygens (including phenoxy) is 1. The molecule has 5 nitrogen and oxygen atoms in total. The first kappa shape index (κ1) is 17.2. The number of Topliss-reactive ketones (excluding diaryl/α,β-unsaturated/α-hetero) is 1. The summed E-state index contributed by atoms with van der Waals surface area (Å²) in [6.45, 7) is 6.96. The van der Waals surface area contributed by atoms with Crippen LogP contribution in [0.2, 0.25) is 0 Å². The van der Waals surface area contributed by atoms with Gasteiger partial charge in [-0.25, -0.2) is 0 Å². The molecule has 3 rings (SSSR count). The Morgan fingerprint density at radius 3 is 2.54 bits per heavy atom. The van der Waals surface area contributed by atoms with Gasteiger partial charge in [0.1, 0.15) is 0 Å². The molecule has 2 fully saturated rings. The number of nitrogens with one attached hydrogen (secondary N) is 1. The number of benzene rings is 1. The summed E-state index contributed by atoms with van der Waals surface area (Å²) in [4.78, 5) is 15.9. The number of hydrogen-bond donors (Lipinski definition) is 1. The number of nitrogens with zero attached hydrogens (tertiary/aromatic N) is 2. The van der Waals surface area contributed by atoms with Crippen LogP contribution in [0.15, 0.2) is 24.3 Å². The summed E-state index contributed by atoms with van der Waals surface area (Å²) in [6.07, 6.45) is 2.59. The zero-order valence-electron chi connectivity index (χ0n) is 14.2. The predicted molar refractivity (Wildman–Crippen MR) is 99.8 cm³/mol. The van der Waals surface area contributed by atoms with Gasteiger partial charge in [-0.05, 0) is 56.2 Å². The topological polar surface area (TPSA) is 44.8 Å². The summed E-state index contributed by atoms with van der Waals surface area (Å²) < 4.78 is 5.62. The highest BCUT2D eigenvalue weighted by Crippen LogP contribution is 2.18. The van der Waals surface area contributed by atoms with E-state index in [0.29, 0.717) is 6.10 Å². The number of rotatable bonds is 4. The molecule has 130 valence electrons. The summed E-state index contributed by atoms with van der Waals surface area (Å²) >= 11 is 5.51. The minimum Gasteiger partial charge on any atom is -0.376 e. The number of carbonyl (C=O) groups is 1. The Bertz CT molecular complexity index is 576. The summed E-state index contributed by atoms with van der Waals surface area (Å²) in [6, 6.07) is 7.86.